The third-order valence-electron chi connectivity index (χ3n) is 7.52. The van der Waals surface area contributed by atoms with E-state index in [0.717, 1.165) is 38.6 Å². The van der Waals surface area contributed by atoms with E-state index in [9.17, 15) is 4.39 Å². The third-order valence-corrected chi connectivity index (χ3v) is 7.52. The van der Waals surface area contributed by atoms with Crippen molar-refractivity contribution in [2.45, 2.75) is 38.5 Å². The van der Waals surface area contributed by atoms with Gasteiger partial charge in [-0.1, -0.05) is 76.2 Å². The summed E-state index contributed by atoms with van der Waals surface area (Å²) in [5.41, 5.74) is 6.41. The van der Waals surface area contributed by atoms with Crippen LogP contribution in [0.15, 0.2) is 66.7 Å². The summed E-state index contributed by atoms with van der Waals surface area (Å²) in [5, 5.41) is 2.99. The van der Waals surface area contributed by atoms with E-state index in [4.69, 9.17) is 4.98 Å². The van der Waals surface area contributed by atoms with Crippen LogP contribution in [0, 0.1) is 5.82 Å². The van der Waals surface area contributed by atoms with Gasteiger partial charge in [0.1, 0.15) is 11.5 Å². The van der Waals surface area contributed by atoms with Crippen molar-refractivity contribution in [3.05, 3.63) is 83.8 Å². The Morgan fingerprint density at radius 3 is 2.30 bits per heavy atom. The van der Waals surface area contributed by atoms with E-state index in [1.807, 2.05) is 12.1 Å². The van der Waals surface area contributed by atoms with Gasteiger partial charge >= 0.3 is 0 Å². The van der Waals surface area contributed by atoms with E-state index in [1.54, 1.807) is 6.07 Å². The maximum atomic E-state index is 14.3. The molecule has 0 unspecified atom stereocenters. The van der Waals surface area contributed by atoms with Crippen molar-refractivity contribution in [2.24, 2.45) is 0 Å². The predicted molar refractivity (Wildman–Crippen MR) is 122 cm³/mol. The summed E-state index contributed by atoms with van der Waals surface area (Å²) in [6.07, 6.45) is 0. The molecule has 3 heterocycles. The lowest BCUT2D eigenvalue weighted by molar-refractivity contribution is 0.289. The van der Waals surface area contributed by atoms with E-state index in [-0.39, 0.29) is 16.6 Å². The summed E-state index contributed by atoms with van der Waals surface area (Å²) in [6.45, 7) is 9.27. The minimum Gasteiger partial charge on any atom is -0.295 e. The van der Waals surface area contributed by atoms with Gasteiger partial charge in [-0.2, -0.15) is 0 Å². The average molecular weight is 394 g/mol. The fourth-order valence-electron chi connectivity index (χ4n) is 5.26. The molecule has 0 atom stereocenters. The van der Waals surface area contributed by atoms with Crippen molar-refractivity contribution in [3.63, 3.8) is 0 Å². The summed E-state index contributed by atoms with van der Waals surface area (Å²) in [6, 6.07) is 21.9. The van der Waals surface area contributed by atoms with E-state index >= 15 is 0 Å². The van der Waals surface area contributed by atoms with E-state index in [1.165, 1.54) is 17.3 Å². The Balaban J connectivity index is 1.97. The number of imidazole rings is 1. The number of fused-ring (bicyclic) bond motifs is 3. The summed E-state index contributed by atoms with van der Waals surface area (Å²) in [5.74, 6) is -0.217. The first-order valence-electron chi connectivity index (χ1n) is 10.4. The SMILES string of the molecule is CC1(C)c2cccc3c4cc(F)ccc4c4nc(-c5ccccc5)c(n4c23)C1(C)C. The number of halogens is 1. The molecular weight excluding hydrogens is 371 g/mol. The molecule has 1 aliphatic rings. The zero-order valence-corrected chi connectivity index (χ0v) is 17.6. The normalized spacial score (nSPS) is 16.7. The van der Waals surface area contributed by atoms with Crippen LogP contribution >= 0.6 is 0 Å². The van der Waals surface area contributed by atoms with Crippen molar-refractivity contribution in [1.29, 1.82) is 0 Å². The van der Waals surface area contributed by atoms with Crippen LogP contribution in [0.3, 0.4) is 0 Å². The van der Waals surface area contributed by atoms with Crippen LogP contribution in [0.5, 0.6) is 0 Å². The van der Waals surface area contributed by atoms with Crippen molar-refractivity contribution in [1.82, 2.24) is 9.38 Å². The molecular formula is C27H23FN2. The van der Waals surface area contributed by atoms with Crippen molar-refractivity contribution in [2.75, 3.05) is 0 Å². The second kappa shape index (κ2) is 5.48. The maximum Gasteiger partial charge on any atom is 0.146 e. The molecule has 0 N–H and O–H groups in total. The monoisotopic (exact) mass is 394 g/mol. The predicted octanol–water partition coefficient (Wildman–Crippen LogP) is 7.02. The lowest BCUT2D eigenvalue weighted by atomic mass is 9.60. The molecule has 0 bridgehead atoms. The number of pyridine rings is 1. The molecule has 0 amide bonds. The van der Waals surface area contributed by atoms with Crippen molar-refractivity contribution >= 4 is 27.3 Å². The van der Waals surface area contributed by atoms with E-state index in [0.29, 0.717) is 0 Å². The van der Waals surface area contributed by atoms with Gasteiger partial charge in [0.25, 0.3) is 0 Å². The Hall–Kier alpha value is -3.20. The summed E-state index contributed by atoms with van der Waals surface area (Å²) < 4.78 is 16.6. The Bertz CT molecular complexity index is 1490. The summed E-state index contributed by atoms with van der Waals surface area (Å²) >= 11 is 0. The molecule has 2 nitrogen and oxygen atoms in total. The highest BCUT2D eigenvalue weighted by molar-refractivity contribution is 6.13. The second-order valence-electron chi connectivity index (χ2n) is 9.48. The highest BCUT2D eigenvalue weighted by atomic mass is 19.1. The highest BCUT2D eigenvalue weighted by Gasteiger charge is 2.48. The molecule has 0 radical (unpaired) electrons. The van der Waals surface area contributed by atoms with Crippen LogP contribution in [0.4, 0.5) is 4.39 Å². The smallest absolute Gasteiger partial charge is 0.146 e. The number of benzene rings is 3. The van der Waals surface area contributed by atoms with Gasteiger partial charge in [0.2, 0.25) is 0 Å². The first-order valence-corrected chi connectivity index (χ1v) is 10.4. The van der Waals surface area contributed by atoms with Gasteiger partial charge in [0.05, 0.1) is 16.9 Å². The number of nitrogens with zero attached hydrogens (tertiary/aromatic N) is 2. The average Bonchev–Trinajstić information content (AvgIpc) is 3.15. The zero-order valence-electron chi connectivity index (χ0n) is 17.6. The quantitative estimate of drug-likeness (QED) is 0.279. The number of para-hydroxylation sites is 1. The number of rotatable bonds is 1. The fraction of sp³-hybridized carbons (Fsp3) is 0.222. The van der Waals surface area contributed by atoms with Crippen molar-refractivity contribution in [3.8, 4) is 11.3 Å². The Kier molecular flexibility index (Phi) is 3.22. The summed E-state index contributed by atoms with van der Waals surface area (Å²) in [4.78, 5) is 5.20. The largest absolute Gasteiger partial charge is 0.295 e. The molecule has 6 rings (SSSR count). The molecule has 2 aromatic heterocycles. The molecule has 5 aromatic rings. The molecule has 0 fully saturated rings. The first kappa shape index (κ1) is 17.6. The van der Waals surface area contributed by atoms with Crippen LogP contribution in [-0.2, 0) is 10.8 Å². The second-order valence-corrected chi connectivity index (χ2v) is 9.48. The molecule has 0 saturated carbocycles. The molecule has 30 heavy (non-hydrogen) atoms. The number of aromatic nitrogens is 2. The standard InChI is InChI=1S/C27H23FN2/c1-26(2)21-12-8-11-18-20-15-17(28)13-14-19(20)25-29-22(16-9-6-5-7-10-16)24(27(26,3)4)30(25)23(18)21/h5-15H,1-4H3. The van der Waals surface area contributed by atoms with Crippen LogP contribution in [0.1, 0.15) is 39.0 Å². The minimum absolute atomic E-state index is 0.125. The fourth-order valence-corrected chi connectivity index (χ4v) is 5.26. The topological polar surface area (TPSA) is 17.3 Å². The Morgan fingerprint density at radius 1 is 0.767 bits per heavy atom. The van der Waals surface area contributed by atoms with E-state index in [2.05, 4.69) is 74.6 Å². The van der Waals surface area contributed by atoms with Gasteiger partial charge in [-0.25, -0.2) is 9.37 Å². The maximum absolute atomic E-state index is 14.3. The van der Waals surface area contributed by atoms with Crippen LogP contribution in [0.25, 0.3) is 38.6 Å². The van der Waals surface area contributed by atoms with Gasteiger partial charge in [0.15, 0.2) is 0 Å². The first-order chi connectivity index (χ1) is 14.3. The highest BCUT2D eigenvalue weighted by Crippen LogP contribution is 2.53. The Labute approximate surface area is 175 Å². The lowest BCUT2D eigenvalue weighted by Crippen LogP contribution is -2.44. The number of hydrogen-bond acceptors (Lipinski definition) is 1. The van der Waals surface area contributed by atoms with E-state index < -0.39 is 0 Å². The molecule has 0 spiro atoms. The minimum atomic E-state index is -0.217. The van der Waals surface area contributed by atoms with Crippen LogP contribution in [-0.4, -0.2) is 9.38 Å². The van der Waals surface area contributed by atoms with Gasteiger partial charge in [0, 0.05) is 27.2 Å². The molecule has 148 valence electrons. The molecule has 3 heteroatoms. The molecule has 0 aliphatic carbocycles. The Morgan fingerprint density at radius 2 is 1.53 bits per heavy atom. The van der Waals surface area contributed by atoms with Crippen LogP contribution < -0.4 is 0 Å². The van der Waals surface area contributed by atoms with Gasteiger partial charge < -0.3 is 0 Å². The van der Waals surface area contributed by atoms with Gasteiger partial charge in [-0.3, -0.25) is 4.40 Å². The summed E-state index contributed by atoms with van der Waals surface area (Å²) in [7, 11) is 0. The van der Waals surface area contributed by atoms with Gasteiger partial charge in [-0.15, -0.1) is 0 Å². The number of hydrogen-bond donors (Lipinski definition) is 0. The molecule has 1 aliphatic heterocycles. The lowest BCUT2D eigenvalue weighted by Gasteiger charge is -2.46. The van der Waals surface area contributed by atoms with Gasteiger partial charge in [-0.05, 0) is 29.1 Å². The molecule has 0 saturated heterocycles. The van der Waals surface area contributed by atoms with Crippen LogP contribution in [0.2, 0.25) is 0 Å². The molecule has 3 aromatic carbocycles. The third kappa shape index (κ3) is 1.95. The van der Waals surface area contributed by atoms with Crippen molar-refractivity contribution < 1.29 is 4.39 Å². The zero-order chi connectivity index (χ0) is 20.8.